The number of rotatable bonds is 5. The monoisotopic (exact) mass is 438 g/mol. The maximum absolute atomic E-state index is 12.8. The molecule has 3 heterocycles. The second kappa shape index (κ2) is 7.94. The summed E-state index contributed by atoms with van der Waals surface area (Å²) in [5.41, 5.74) is 6.44. The van der Waals surface area contributed by atoms with Gasteiger partial charge in [0.2, 0.25) is 0 Å². The lowest BCUT2D eigenvalue weighted by Crippen LogP contribution is -2.53. The zero-order valence-electron chi connectivity index (χ0n) is 16.7. The van der Waals surface area contributed by atoms with E-state index in [1.165, 1.54) is 10.3 Å². The first kappa shape index (κ1) is 19.4. The molecular weight excluding hydrogens is 416 g/mol. The number of aromatic nitrogens is 1. The zero-order valence-corrected chi connectivity index (χ0v) is 18.3. The number of nitrogens with one attached hydrogen (secondary N) is 2. The summed E-state index contributed by atoms with van der Waals surface area (Å²) in [5.74, 6) is 1.63. The highest BCUT2D eigenvalue weighted by atomic mass is 32.2. The predicted octanol–water partition coefficient (Wildman–Crippen LogP) is 3.73. The molecule has 30 heavy (non-hydrogen) atoms. The fourth-order valence-electron chi connectivity index (χ4n) is 4.05. The van der Waals surface area contributed by atoms with Crippen molar-refractivity contribution in [3.8, 4) is 5.75 Å². The van der Waals surface area contributed by atoms with Gasteiger partial charge in [-0.1, -0.05) is 36.0 Å². The molecule has 0 aliphatic carbocycles. The van der Waals surface area contributed by atoms with Crippen LogP contribution in [0.15, 0.2) is 64.6 Å². The van der Waals surface area contributed by atoms with Crippen LogP contribution in [0, 0.1) is 0 Å². The van der Waals surface area contributed by atoms with E-state index in [-0.39, 0.29) is 24.0 Å². The van der Waals surface area contributed by atoms with Gasteiger partial charge in [0.1, 0.15) is 11.9 Å². The van der Waals surface area contributed by atoms with E-state index in [9.17, 15) is 4.79 Å². The standard InChI is InChI=1S/C22H22N4O2S2/c1-13-20(14-7-9-16(28-2)10-8-14)21-23-15(11-19(27)26(21)25-13)12-29-22-24-17-5-3-4-6-18(17)30-22/h3-11,13,20-21,23,25H,12H2,1-2H3. The zero-order chi connectivity index (χ0) is 20.7. The molecule has 0 spiro atoms. The van der Waals surface area contributed by atoms with Crippen molar-refractivity contribution in [1.82, 2.24) is 20.7 Å². The summed E-state index contributed by atoms with van der Waals surface area (Å²) in [5, 5.41) is 5.30. The molecular formula is C22H22N4O2S2. The van der Waals surface area contributed by atoms with Crippen molar-refractivity contribution < 1.29 is 9.53 Å². The molecule has 2 aromatic carbocycles. The minimum absolute atomic E-state index is 0.0125. The van der Waals surface area contributed by atoms with Crippen molar-refractivity contribution in [2.24, 2.45) is 0 Å². The van der Waals surface area contributed by atoms with E-state index < -0.39 is 0 Å². The van der Waals surface area contributed by atoms with Gasteiger partial charge in [-0.15, -0.1) is 11.3 Å². The maximum Gasteiger partial charge on any atom is 0.264 e. The van der Waals surface area contributed by atoms with E-state index in [1.54, 1.807) is 41.3 Å². The number of para-hydroxylation sites is 1. The molecule has 3 atom stereocenters. The largest absolute Gasteiger partial charge is 0.497 e. The van der Waals surface area contributed by atoms with E-state index in [0.717, 1.165) is 21.3 Å². The van der Waals surface area contributed by atoms with Crippen molar-refractivity contribution in [1.29, 1.82) is 0 Å². The number of methoxy groups -OCH3 is 1. The van der Waals surface area contributed by atoms with Crippen LogP contribution in [-0.4, -0.2) is 41.0 Å². The molecule has 154 valence electrons. The number of hydrazine groups is 1. The molecule has 1 amide bonds. The lowest BCUT2D eigenvalue weighted by Gasteiger charge is -2.33. The van der Waals surface area contributed by atoms with E-state index in [4.69, 9.17) is 4.74 Å². The number of carbonyl (C=O) groups excluding carboxylic acids is 1. The number of thioether (sulfide) groups is 1. The molecule has 2 N–H and O–H groups in total. The molecule has 2 aliphatic rings. The molecule has 3 aromatic rings. The van der Waals surface area contributed by atoms with E-state index in [1.807, 2.05) is 30.3 Å². The topological polar surface area (TPSA) is 66.5 Å². The van der Waals surface area contributed by atoms with Crippen LogP contribution in [0.1, 0.15) is 18.4 Å². The van der Waals surface area contributed by atoms with Gasteiger partial charge < -0.3 is 10.1 Å². The van der Waals surface area contributed by atoms with Crippen LogP contribution in [0.3, 0.4) is 0 Å². The average Bonchev–Trinajstić information content (AvgIpc) is 3.33. The van der Waals surface area contributed by atoms with Crippen LogP contribution in [-0.2, 0) is 4.79 Å². The van der Waals surface area contributed by atoms with Crippen molar-refractivity contribution in [2.75, 3.05) is 12.9 Å². The third kappa shape index (κ3) is 3.55. The quantitative estimate of drug-likeness (QED) is 0.592. The van der Waals surface area contributed by atoms with Crippen molar-refractivity contribution in [3.63, 3.8) is 0 Å². The van der Waals surface area contributed by atoms with Gasteiger partial charge in [0.25, 0.3) is 5.91 Å². The molecule has 0 radical (unpaired) electrons. The van der Waals surface area contributed by atoms with Gasteiger partial charge >= 0.3 is 0 Å². The maximum atomic E-state index is 12.8. The molecule has 1 fully saturated rings. The molecule has 0 bridgehead atoms. The molecule has 1 aromatic heterocycles. The Kier molecular flexibility index (Phi) is 5.14. The summed E-state index contributed by atoms with van der Waals surface area (Å²) < 4.78 is 7.48. The first-order chi connectivity index (χ1) is 14.6. The van der Waals surface area contributed by atoms with Crippen LogP contribution in [0.25, 0.3) is 10.2 Å². The summed E-state index contributed by atoms with van der Waals surface area (Å²) in [7, 11) is 1.66. The van der Waals surface area contributed by atoms with Crippen molar-refractivity contribution >= 4 is 39.2 Å². The van der Waals surface area contributed by atoms with E-state index in [0.29, 0.717) is 5.75 Å². The Morgan fingerprint density at radius 3 is 2.77 bits per heavy atom. The number of hydrogen-bond donors (Lipinski definition) is 2. The summed E-state index contributed by atoms with van der Waals surface area (Å²) in [6.45, 7) is 2.11. The van der Waals surface area contributed by atoms with Crippen LogP contribution in [0.4, 0.5) is 0 Å². The van der Waals surface area contributed by atoms with Crippen molar-refractivity contribution in [2.45, 2.75) is 29.4 Å². The molecule has 5 rings (SSSR count). The molecule has 3 unspecified atom stereocenters. The van der Waals surface area contributed by atoms with Crippen LogP contribution >= 0.6 is 23.1 Å². The number of hydrogen-bond acceptors (Lipinski definition) is 7. The highest BCUT2D eigenvalue weighted by Crippen LogP contribution is 2.35. The second-order valence-corrected chi connectivity index (χ2v) is 9.67. The highest BCUT2D eigenvalue weighted by Gasteiger charge is 2.44. The average molecular weight is 439 g/mol. The Balaban J connectivity index is 1.33. The van der Waals surface area contributed by atoms with Gasteiger partial charge in [-0.3, -0.25) is 9.80 Å². The molecule has 2 aliphatic heterocycles. The Bertz CT molecular complexity index is 1080. The van der Waals surface area contributed by atoms with Crippen molar-refractivity contribution in [3.05, 3.63) is 65.9 Å². The van der Waals surface area contributed by atoms with Gasteiger partial charge in [0, 0.05) is 29.5 Å². The van der Waals surface area contributed by atoms with Gasteiger partial charge in [-0.05, 0) is 36.8 Å². The van der Waals surface area contributed by atoms with Crippen LogP contribution < -0.4 is 15.5 Å². The number of fused-ring (bicyclic) bond motifs is 2. The summed E-state index contributed by atoms with van der Waals surface area (Å²) in [6.07, 6.45) is 1.56. The Hall–Kier alpha value is -2.55. The highest BCUT2D eigenvalue weighted by molar-refractivity contribution is 8.01. The molecule has 0 saturated carbocycles. The summed E-state index contributed by atoms with van der Waals surface area (Å²) in [6, 6.07) is 16.4. The van der Waals surface area contributed by atoms with Gasteiger partial charge in [-0.25, -0.2) is 10.4 Å². The lowest BCUT2D eigenvalue weighted by molar-refractivity contribution is -0.131. The minimum Gasteiger partial charge on any atom is -0.497 e. The van der Waals surface area contributed by atoms with Crippen LogP contribution in [0.2, 0.25) is 0 Å². The third-order valence-corrected chi connectivity index (χ3v) is 7.72. The molecule has 6 nitrogen and oxygen atoms in total. The number of amides is 1. The Labute approximate surface area is 183 Å². The number of ether oxygens (including phenoxy) is 1. The fraction of sp³-hybridized carbons (Fsp3) is 0.273. The van der Waals surface area contributed by atoms with E-state index in [2.05, 4.69) is 40.8 Å². The normalized spacial score (nSPS) is 23.3. The van der Waals surface area contributed by atoms with Crippen LogP contribution in [0.5, 0.6) is 5.75 Å². The number of carbonyl (C=O) groups is 1. The second-order valence-electron chi connectivity index (χ2n) is 7.42. The number of nitrogens with zero attached hydrogens (tertiary/aromatic N) is 2. The predicted molar refractivity (Wildman–Crippen MR) is 121 cm³/mol. The Morgan fingerprint density at radius 1 is 1.20 bits per heavy atom. The Morgan fingerprint density at radius 2 is 2.00 bits per heavy atom. The molecule has 1 saturated heterocycles. The number of thiazole rings is 1. The van der Waals surface area contributed by atoms with Gasteiger partial charge in [0.15, 0.2) is 4.34 Å². The summed E-state index contributed by atoms with van der Waals surface area (Å²) >= 11 is 3.35. The fourth-order valence-corrected chi connectivity index (χ4v) is 6.04. The number of benzene rings is 2. The van der Waals surface area contributed by atoms with E-state index >= 15 is 0 Å². The molecule has 8 heteroatoms. The third-order valence-electron chi connectivity index (χ3n) is 5.49. The van der Waals surface area contributed by atoms with Gasteiger partial charge in [0.05, 0.1) is 17.3 Å². The SMILES string of the molecule is COc1ccc(C2C(C)NN3C(=O)C=C(CSc4nc5ccccc5s4)NC23)cc1. The summed E-state index contributed by atoms with van der Waals surface area (Å²) in [4.78, 5) is 17.4. The minimum atomic E-state index is -0.128. The smallest absolute Gasteiger partial charge is 0.264 e. The lowest BCUT2D eigenvalue weighted by atomic mass is 9.90. The first-order valence-corrected chi connectivity index (χ1v) is 11.6. The first-order valence-electron chi connectivity index (χ1n) is 9.81. The van der Waals surface area contributed by atoms with Gasteiger partial charge in [-0.2, -0.15) is 0 Å².